The van der Waals surface area contributed by atoms with E-state index in [4.69, 9.17) is 16.7 Å². The molecule has 34 heavy (non-hydrogen) atoms. The van der Waals surface area contributed by atoms with Gasteiger partial charge in [-0.15, -0.1) is 0 Å². The number of likely N-dealkylation sites (tertiary alicyclic amines) is 1. The molecule has 1 aromatic rings. The lowest BCUT2D eigenvalue weighted by atomic mass is 9.66. The third-order valence-corrected chi connectivity index (χ3v) is 7.96. The van der Waals surface area contributed by atoms with E-state index in [0.29, 0.717) is 43.8 Å². The smallest absolute Gasteiger partial charge is 0.404 e. The lowest BCUT2D eigenvalue weighted by Gasteiger charge is -2.50. The van der Waals surface area contributed by atoms with Crippen molar-refractivity contribution in [2.75, 3.05) is 20.1 Å². The predicted molar refractivity (Wildman–Crippen MR) is 129 cm³/mol. The summed E-state index contributed by atoms with van der Waals surface area (Å²) in [7, 11) is 1.71. The van der Waals surface area contributed by atoms with Gasteiger partial charge in [-0.2, -0.15) is 0 Å². The van der Waals surface area contributed by atoms with E-state index < -0.39 is 17.1 Å². The molecule has 1 saturated carbocycles. The maximum atomic E-state index is 13.1. The van der Waals surface area contributed by atoms with Gasteiger partial charge in [-0.3, -0.25) is 9.59 Å². The van der Waals surface area contributed by atoms with E-state index in [1.807, 2.05) is 32.9 Å². The standard InChI is InChI=1S/C25H36ClN3O5/c1-16(28(4)22(31)17-5-10-20(14-17)27-23(32)33)13-21(30)29-12-11-25(34,24(2,3)15-29)18-6-8-19(26)9-7-18/h6-9,16-17,20,27,34H,5,10-15H2,1-4H3,(H,32,33)/t16?,17-,20?,25?/m1/s1. The summed E-state index contributed by atoms with van der Waals surface area (Å²) in [6, 6.07) is 6.72. The summed E-state index contributed by atoms with van der Waals surface area (Å²) in [5.74, 6) is -0.330. The molecule has 3 rings (SSSR count). The Kier molecular flexibility index (Phi) is 7.82. The molecule has 0 aromatic heterocycles. The monoisotopic (exact) mass is 493 g/mol. The van der Waals surface area contributed by atoms with Gasteiger partial charge in [0, 0.05) is 55.0 Å². The van der Waals surface area contributed by atoms with Gasteiger partial charge < -0.3 is 25.3 Å². The van der Waals surface area contributed by atoms with Crippen molar-refractivity contribution in [3.8, 4) is 0 Å². The van der Waals surface area contributed by atoms with Crippen molar-refractivity contribution in [2.24, 2.45) is 11.3 Å². The number of carboxylic acid groups (broad SMARTS) is 1. The van der Waals surface area contributed by atoms with E-state index >= 15 is 0 Å². The minimum Gasteiger partial charge on any atom is -0.465 e. The molecule has 1 aliphatic carbocycles. The molecule has 0 spiro atoms. The third kappa shape index (κ3) is 5.49. The van der Waals surface area contributed by atoms with Crippen LogP contribution in [0.3, 0.4) is 0 Å². The highest BCUT2D eigenvalue weighted by molar-refractivity contribution is 6.30. The number of hydrogen-bond acceptors (Lipinski definition) is 4. The summed E-state index contributed by atoms with van der Waals surface area (Å²) >= 11 is 6.01. The van der Waals surface area contributed by atoms with Gasteiger partial charge in [0.25, 0.3) is 0 Å². The molecular weight excluding hydrogens is 458 g/mol. The highest BCUT2D eigenvalue weighted by atomic mass is 35.5. The maximum Gasteiger partial charge on any atom is 0.404 e. The predicted octanol–water partition coefficient (Wildman–Crippen LogP) is 3.46. The lowest BCUT2D eigenvalue weighted by Crippen LogP contribution is -2.57. The van der Waals surface area contributed by atoms with E-state index in [9.17, 15) is 19.5 Å². The molecule has 3 unspecified atom stereocenters. The molecule has 1 saturated heterocycles. The molecule has 1 heterocycles. The van der Waals surface area contributed by atoms with Crippen LogP contribution in [0.25, 0.3) is 0 Å². The SMILES string of the molecule is CC(CC(=O)N1CCC(O)(c2ccc(Cl)cc2)C(C)(C)C1)N(C)C(=O)[C@@H]1CCC(NC(=O)O)C1. The van der Waals surface area contributed by atoms with Crippen LogP contribution in [-0.2, 0) is 15.2 Å². The second kappa shape index (κ2) is 10.1. The van der Waals surface area contributed by atoms with Gasteiger partial charge in [-0.25, -0.2) is 4.79 Å². The average Bonchev–Trinajstić information content (AvgIpc) is 3.22. The Hall–Kier alpha value is -2.32. The molecular formula is C25H36ClN3O5. The zero-order valence-corrected chi connectivity index (χ0v) is 21.1. The minimum absolute atomic E-state index is 0.0461. The zero-order chi connectivity index (χ0) is 25.3. The lowest BCUT2D eigenvalue weighted by molar-refractivity contribution is -0.154. The molecule has 8 nitrogen and oxygen atoms in total. The van der Waals surface area contributed by atoms with Crippen molar-refractivity contribution in [1.82, 2.24) is 15.1 Å². The Morgan fingerprint density at radius 3 is 2.47 bits per heavy atom. The molecule has 2 fully saturated rings. The van der Waals surface area contributed by atoms with E-state index in [1.165, 1.54) is 0 Å². The van der Waals surface area contributed by atoms with Gasteiger partial charge >= 0.3 is 6.09 Å². The fraction of sp³-hybridized carbons (Fsp3) is 0.640. The second-order valence-electron chi connectivity index (χ2n) is 10.5. The first-order valence-corrected chi connectivity index (χ1v) is 12.2. The van der Waals surface area contributed by atoms with Crippen molar-refractivity contribution in [2.45, 2.75) is 70.6 Å². The quantitative estimate of drug-likeness (QED) is 0.562. The summed E-state index contributed by atoms with van der Waals surface area (Å²) < 4.78 is 0. The van der Waals surface area contributed by atoms with Crippen LogP contribution < -0.4 is 5.32 Å². The Morgan fingerprint density at radius 2 is 1.88 bits per heavy atom. The number of piperidine rings is 1. The van der Waals surface area contributed by atoms with Crippen LogP contribution in [0.1, 0.15) is 58.4 Å². The number of nitrogens with one attached hydrogen (secondary N) is 1. The number of benzene rings is 1. The Bertz CT molecular complexity index is 922. The molecule has 3 amide bonds. The molecule has 9 heteroatoms. The van der Waals surface area contributed by atoms with Crippen LogP contribution in [0, 0.1) is 11.3 Å². The number of rotatable bonds is 6. The first kappa shape index (κ1) is 26.3. The first-order chi connectivity index (χ1) is 15.8. The van der Waals surface area contributed by atoms with E-state index in [0.717, 1.165) is 5.56 Å². The molecule has 0 bridgehead atoms. The summed E-state index contributed by atoms with van der Waals surface area (Å²) in [6.45, 7) is 6.61. The highest BCUT2D eigenvalue weighted by Gasteiger charge is 2.49. The van der Waals surface area contributed by atoms with Crippen molar-refractivity contribution in [3.63, 3.8) is 0 Å². The number of nitrogens with zero attached hydrogens (tertiary/aromatic N) is 2. The van der Waals surface area contributed by atoms with E-state index in [1.54, 1.807) is 29.0 Å². The largest absolute Gasteiger partial charge is 0.465 e. The third-order valence-electron chi connectivity index (χ3n) is 7.71. The minimum atomic E-state index is -1.07. The van der Waals surface area contributed by atoms with E-state index in [2.05, 4.69) is 5.32 Å². The topological polar surface area (TPSA) is 110 Å². The average molecular weight is 494 g/mol. The van der Waals surface area contributed by atoms with Crippen LogP contribution in [0.5, 0.6) is 0 Å². The molecule has 1 aromatic carbocycles. The van der Waals surface area contributed by atoms with Crippen molar-refractivity contribution >= 4 is 29.5 Å². The Balaban J connectivity index is 1.58. The van der Waals surface area contributed by atoms with Crippen molar-refractivity contribution in [3.05, 3.63) is 34.9 Å². The highest BCUT2D eigenvalue weighted by Crippen LogP contribution is 2.46. The summed E-state index contributed by atoms with van der Waals surface area (Å²) in [4.78, 5) is 40.3. The summed E-state index contributed by atoms with van der Waals surface area (Å²) in [5, 5.41) is 23.5. The molecule has 3 N–H and O–H groups in total. The van der Waals surface area contributed by atoms with Crippen LogP contribution in [-0.4, -0.2) is 70.1 Å². The Labute approximate surface area is 206 Å². The summed E-state index contributed by atoms with van der Waals surface area (Å²) in [5.41, 5.74) is -0.856. The molecule has 0 radical (unpaired) electrons. The molecule has 188 valence electrons. The number of carbonyl (C=O) groups excluding carboxylic acids is 2. The van der Waals surface area contributed by atoms with Gasteiger partial charge in [0.05, 0.1) is 5.60 Å². The van der Waals surface area contributed by atoms with Gasteiger partial charge in [0.1, 0.15) is 0 Å². The van der Waals surface area contributed by atoms with Crippen molar-refractivity contribution < 1.29 is 24.6 Å². The van der Waals surface area contributed by atoms with Crippen LogP contribution in [0.4, 0.5) is 4.79 Å². The number of carbonyl (C=O) groups is 3. The van der Waals surface area contributed by atoms with Gasteiger partial charge in [-0.05, 0) is 50.3 Å². The normalized spacial score (nSPS) is 27.2. The number of amides is 3. The van der Waals surface area contributed by atoms with Gasteiger partial charge in [-0.1, -0.05) is 37.6 Å². The second-order valence-corrected chi connectivity index (χ2v) is 10.9. The summed E-state index contributed by atoms with van der Waals surface area (Å²) in [6.07, 6.45) is 1.30. The first-order valence-electron chi connectivity index (χ1n) is 11.9. The Morgan fingerprint density at radius 1 is 1.24 bits per heavy atom. The zero-order valence-electron chi connectivity index (χ0n) is 20.4. The fourth-order valence-corrected chi connectivity index (χ4v) is 5.46. The van der Waals surface area contributed by atoms with E-state index in [-0.39, 0.29) is 36.2 Å². The number of hydrogen-bond donors (Lipinski definition) is 3. The maximum absolute atomic E-state index is 13.1. The van der Waals surface area contributed by atoms with Crippen LogP contribution in [0.2, 0.25) is 5.02 Å². The van der Waals surface area contributed by atoms with Crippen molar-refractivity contribution in [1.29, 1.82) is 0 Å². The molecule has 2 aliphatic rings. The van der Waals surface area contributed by atoms with Crippen LogP contribution >= 0.6 is 11.6 Å². The molecule has 4 atom stereocenters. The number of aliphatic hydroxyl groups is 1. The molecule has 1 aliphatic heterocycles. The van der Waals surface area contributed by atoms with Gasteiger partial charge in [0.15, 0.2) is 0 Å². The van der Waals surface area contributed by atoms with Crippen LogP contribution in [0.15, 0.2) is 24.3 Å². The fourth-order valence-electron chi connectivity index (χ4n) is 5.33. The number of halogens is 1. The van der Waals surface area contributed by atoms with Gasteiger partial charge in [0.2, 0.25) is 11.8 Å².